The van der Waals surface area contributed by atoms with Crippen molar-refractivity contribution in [3.63, 3.8) is 0 Å². The molecule has 1 aromatic carbocycles. The van der Waals surface area contributed by atoms with Gasteiger partial charge in [-0.2, -0.15) is 0 Å². The Bertz CT molecular complexity index is 534. The number of methoxy groups -OCH3 is 1. The molecule has 1 heterocycles. The van der Waals surface area contributed by atoms with E-state index in [1.165, 1.54) is 0 Å². The zero-order valence-corrected chi connectivity index (χ0v) is 14.3. The highest BCUT2D eigenvalue weighted by Gasteiger charge is 2.19. The van der Waals surface area contributed by atoms with E-state index in [0.717, 1.165) is 31.7 Å². The molecule has 0 unspecified atom stereocenters. The molecule has 128 valence electrons. The van der Waals surface area contributed by atoms with Crippen LogP contribution in [-0.2, 0) is 4.74 Å². The lowest BCUT2D eigenvalue weighted by Crippen LogP contribution is -2.34. The lowest BCUT2D eigenvalue weighted by Gasteiger charge is -2.24. The largest absolute Gasteiger partial charge is 0.494 e. The second-order valence-corrected chi connectivity index (χ2v) is 6.56. The number of ether oxygens (including phenoxy) is 3. The zero-order valence-electron chi connectivity index (χ0n) is 14.3. The first kappa shape index (κ1) is 17.4. The van der Waals surface area contributed by atoms with Crippen LogP contribution in [0.25, 0.3) is 0 Å². The number of rotatable bonds is 4. The monoisotopic (exact) mass is 322 g/mol. The molecule has 2 N–H and O–H groups in total. The number of carbonyl (C=O) groups excluding carboxylic acids is 1. The van der Waals surface area contributed by atoms with Crippen LogP contribution in [0, 0.1) is 0 Å². The molecule has 1 saturated heterocycles. The third-order valence-corrected chi connectivity index (χ3v) is 3.40. The Labute approximate surface area is 137 Å². The van der Waals surface area contributed by atoms with Gasteiger partial charge in [-0.1, -0.05) is 0 Å². The van der Waals surface area contributed by atoms with Gasteiger partial charge in [-0.15, -0.1) is 0 Å². The van der Waals surface area contributed by atoms with Crippen LogP contribution in [0.3, 0.4) is 0 Å². The van der Waals surface area contributed by atoms with E-state index in [2.05, 4.69) is 10.6 Å². The Balaban J connectivity index is 2.02. The van der Waals surface area contributed by atoms with Crippen molar-refractivity contribution in [1.29, 1.82) is 0 Å². The predicted molar refractivity (Wildman–Crippen MR) is 89.4 cm³/mol. The van der Waals surface area contributed by atoms with Crippen LogP contribution >= 0.6 is 0 Å². The molecule has 0 bridgehead atoms. The average Bonchev–Trinajstić information content (AvgIpc) is 2.48. The first-order valence-corrected chi connectivity index (χ1v) is 7.93. The fourth-order valence-corrected chi connectivity index (χ4v) is 2.37. The van der Waals surface area contributed by atoms with E-state index in [1.807, 2.05) is 26.8 Å². The highest BCUT2D eigenvalue weighted by atomic mass is 16.6. The summed E-state index contributed by atoms with van der Waals surface area (Å²) in [6, 6.07) is 5.38. The van der Waals surface area contributed by atoms with Crippen molar-refractivity contribution in [3.8, 4) is 11.5 Å². The van der Waals surface area contributed by atoms with Gasteiger partial charge in [-0.05, 0) is 58.8 Å². The minimum Gasteiger partial charge on any atom is -0.494 e. The number of hydrogen-bond acceptors (Lipinski definition) is 5. The smallest absolute Gasteiger partial charge is 0.412 e. The van der Waals surface area contributed by atoms with Crippen molar-refractivity contribution in [2.24, 2.45) is 0 Å². The van der Waals surface area contributed by atoms with Gasteiger partial charge in [0, 0.05) is 6.07 Å². The van der Waals surface area contributed by atoms with Crippen molar-refractivity contribution >= 4 is 11.8 Å². The summed E-state index contributed by atoms with van der Waals surface area (Å²) < 4.78 is 16.6. The minimum atomic E-state index is -0.546. The van der Waals surface area contributed by atoms with Crippen molar-refractivity contribution in [3.05, 3.63) is 18.2 Å². The van der Waals surface area contributed by atoms with Crippen LogP contribution in [0.4, 0.5) is 10.5 Å². The lowest BCUT2D eigenvalue weighted by atomic mass is 10.1. The highest BCUT2D eigenvalue weighted by molar-refractivity contribution is 5.87. The Morgan fingerprint density at radius 2 is 1.96 bits per heavy atom. The molecule has 23 heavy (non-hydrogen) atoms. The number of piperidine rings is 1. The normalized spacial score (nSPS) is 15.8. The molecule has 0 saturated carbocycles. The van der Waals surface area contributed by atoms with Gasteiger partial charge in [0.25, 0.3) is 0 Å². The topological polar surface area (TPSA) is 68.8 Å². The molecular weight excluding hydrogens is 296 g/mol. The second-order valence-electron chi connectivity index (χ2n) is 6.56. The molecule has 2 rings (SSSR count). The molecule has 0 spiro atoms. The third kappa shape index (κ3) is 5.63. The van der Waals surface area contributed by atoms with Gasteiger partial charge in [-0.3, -0.25) is 5.32 Å². The van der Waals surface area contributed by atoms with Crippen molar-refractivity contribution in [2.75, 3.05) is 25.5 Å². The summed E-state index contributed by atoms with van der Waals surface area (Å²) in [4.78, 5) is 11.9. The number of anilines is 1. The lowest BCUT2D eigenvalue weighted by molar-refractivity contribution is 0.0635. The summed E-state index contributed by atoms with van der Waals surface area (Å²) in [5, 5.41) is 6.00. The molecule has 1 aliphatic heterocycles. The summed E-state index contributed by atoms with van der Waals surface area (Å²) in [5.41, 5.74) is 0.00877. The van der Waals surface area contributed by atoms with Gasteiger partial charge in [-0.25, -0.2) is 4.79 Å². The van der Waals surface area contributed by atoms with Gasteiger partial charge in [0.1, 0.15) is 23.2 Å². The molecule has 0 aromatic heterocycles. The first-order valence-electron chi connectivity index (χ1n) is 7.93. The molecule has 0 radical (unpaired) electrons. The van der Waals surface area contributed by atoms with Crippen molar-refractivity contribution < 1.29 is 19.0 Å². The van der Waals surface area contributed by atoms with Crippen LogP contribution in [0.15, 0.2) is 18.2 Å². The Hall–Kier alpha value is -1.95. The van der Waals surface area contributed by atoms with E-state index < -0.39 is 11.7 Å². The van der Waals surface area contributed by atoms with E-state index in [1.54, 1.807) is 19.2 Å². The van der Waals surface area contributed by atoms with Gasteiger partial charge in [0.05, 0.1) is 12.8 Å². The summed E-state index contributed by atoms with van der Waals surface area (Å²) >= 11 is 0. The highest BCUT2D eigenvalue weighted by Crippen LogP contribution is 2.30. The van der Waals surface area contributed by atoms with Crippen LogP contribution in [0.1, 0.15) is 33.6 Å². The summed E-state index contributed by atoms with van der Waals surface area (Å²) in [6.07, 6.45) is 1.67. The quantitative estimate of drug-likeness (QED) is 0.891. The summed E-state index contributed by atoms with van der Waals surface area (Å²) in [5.74, 6) is 1.28. The Morgan fingerprint density at radius 3 is 2.57 bits per heavy atom. The molecule has 1 amide bonds. The molecule has 0 aliphatic carbocycles. The van der Waals surface area contributed by atoms with Crippen molar-refractivity contribution in [1.82, 2.24) is 5.32 Å². The van der Waals surface area contributed by atoms with Gasteiger partial charge < -0.3 is 19.5 Å². The van der Waals surface area contributed by atoms with E-state index in [-0.39, 0.29) is 6.10 Å². The molecule has 6 heteroatoms. The fourth-order valence-electron chi connectivity index (χ4n) is 2.37. The molecule has 1 aromatic rings. The summed E-state index contributed by atoms with van der Waals surface area (Å²) in [6.45, 7) is 7.40. The minimum absolute atomic E-state index is 0.214. The maximum atomic E-state index is 11.9. The van der Waals surface area contributed by atoms with Crippen LogP contribution < -0.4 is 20.1 Å². The fraction of sp³-hybridized carbons (Fsp3) is 0.588. The predicted octanol–water partition coefficient (Wildman–Crippen LogP) is 3.17. The molecule has 1 aliphatic rings. The maximum absolute atomic E-state index is 11.9. The molecule has 6 nitrogen and oxygen atoms in total. The summed E-state index contributed by atoms with van der Waals surface area (Å²) in [7, 11) is 1.56. The van der Waals surface area contributed by atoms with Gasteiger partial charge in [0.2, 0.25) is 0 Å². The van der Waals surface area contributed by atoms with E-state index >= 15 is 0 Å². The maximum Gasteiger partial charge on any atom is 0.412 e. The van der Waals surface area contributed by atoms with E-state index in [0.29, 0.717) is 11.4 Å². The standard InChI is InChI=1S/C17H26N2O4/c1-17(2,3)23-16(20)19-14-6-5-13(11-15(14)21-4)22-12-7-9-18-10-8-12/h5-6,11-12,18H,7-10H2,1-4H3,(H,19,20). The average molecular weight is 322 g/mol. The van der Waals surface area contributed by atoms with Gasteiger partial charge >= 0.3 is 6.09 Å². The number of amides is 1. The van der Waals surface area contributed by atoms with Crippen molar-refractivity contribution in [2.45, 2.75) is 45.3 Å². The number of carbonyl (C=O) groups is 1. The van der Waals surface area contributed by atoms with E-state index in [4.69, 9.17) is 14.2 Å². The van der Waals surface area contributed by atoms with Crippen LogP contribution in [-0.4, -0.2) is 38.0 Å². The van der Waals surface area contributed by atoms with E-state index in [9.17, 15) is 4.79 Å². The zero-order chi connectivity index (χ0) is 16.9. The number of nitrogens with one attached hydrogen (secondary N) is 2. The Kier molecular flexibility index (Phi) is 5.71. The molecule has 1 fully saturated rings. The first-order chi connectivity index (χ1) is 10.9. The Morgan fingerprint density at radius 1 is 1.26 bits per heavy atom. The third-order valence-electron chi connectivity index (χ3n) is 3.40. The van der Waals surface area contributed by atoms with Crippen LogP contribution in [0.2, 0.25) is 0 Å². The SMILES string of the molecule is COc1cc(OC2CCNCC2)ccc1NC(=O)OC(C)(C)C. The second kappa shape index (κ2) is 7.55. The number of hydrogen-bond donors (Lipinski definition) is 2. The van der Waals surface area contributed by atoms with Crippen LogP contribution in [0.5, 0.6) is 11.5 Å². The molecule has 0 atom stereocenters. The van der Waals surface area contributed by atoms with Gasteiger partial charge in [0.15, 0.2) is 0 Å². The number of benzene rings is 1. The molecular formula is C17H26N2O4.